The third-order valence-electron chi connectivity index (χ3n) is 5.87. The molecule has 2 aromatic heterocycles. The minimum Gasteiger partial charge on any atom is -0.492 e. The minimum absolute atomic E-state index is 0.187. The molecule has 1 aromatic carbocycles. The van der Waals surface area contributed by atoms with Gasteiger partial charge in [-0.3, -0.25) is 9.69 Å². The summed E-state index contributed by atoms with van der Waals surface area (Å²) in [6, 6.07) is 12.4. The number of aromatic nitrogens is 2. The van der Waals surface area contributed by atoms with E-state index in [0.29, 0.717) is 29.5 Å². The number of carbonyl (C=O) groups excluding carboxylic acids is 1. The Morgan fingerprint density at radius 2 is 1.87 bits per heavy atom. The number of ether oxygens (including phenoxy) is 2. The van der Waals surface area contributed by atoms with E-state index in [1.165, 1.54) is 24.2 Å². The van der Waals surface area contributed by atoms with Crippen LogP contribution in [0.15, 0.2) is 42.6 Å². The number of fused-ring (bicyclic) bond motifs is 3. The van der Waals surface area contributed by atoms with Crippen molar-refractivity contribution in [1.29, 1.82) is 0 Å². The lowest BCUT2D eigenvalue weighted by atomic mass is 10.2. The van der Waals surface area contributed by atoms with Crippen LogP contribution in [0.5, 0.6) is 16.7 Å². The number of piperazine rings is 1. The lowest BCUT2D eigenvalue weighted by molar-refractivity contribution is -0.132. The van der Waals surface area contributed by atoms with Crippen LogP contribution in [-0.2, 0) is 4.79 Å². The number of pyridine rings is 1. The van der Waals surface area contributed by atoms with Gasteiger partial charge in [0, 0.05) is 44.8 Å². The van der Waals surface area contributed by atoms with Crippen molar-refractivity contribution < 1.29 is 14.3 Å². The molecule has 2 aliphatic heterocycles. The maximum absolute atomic E-state index is 11.7. The molecule has 1 amide bonds. The second-order valence-electron chi connectivity index (χ2n) is 7.77. The molecule has 2 fully saturated rings. The fraction of sp³-hybridized carbons (Fsp3) is 0.409. The minimum atomic E-state index is 0.187. The van der Waals surface area contributed by atoms with Crippen molar-refractivity contribution in [2.45, 2.75) is 31.8 Å². The Hall–Kier alpha value is -2.71. The van der Waals surface area contributed by atoms with Crippen molar-refractivity contribution in [3.05, 3.63) is 42.6 Å². The summed E-state index contributed by atoms with van der Waals surface area (Å²) in [5.41, 5.74) is 0.704. The highest BCUT2D eigenvalue weighted by Crippen LogP contribution is 2.32. The zero-order chi connectivity index (χ0) is 20.5. The molecule has 2 atom stereocenters. The quantitative estimate of drug-likeness (QED) is 0.603. The number of rotatable bonds is 6. The Kier molecular flexibility index (Phi) is 5.26. The molecule has 2 bridgehead atoms. The average Bonchev–Trinajstić information content (AvgIpc) is 3.25. The summed E-state index contributed by atoms with van der Waals surface area (Å²) in [6.45, 7) is 4.88. The van der Waals surface area contributed by atoms with E-state index in [1.54, 1.807) is 13.1 Å². The Bertz CT molecular complexity index is 991. The van der Waals surface area contributed by atoms with Gasteiger partial charge in [-0.2, -0.15) is 4.98 Å². The van der Waals surface area contributed by atoms with Gasteiger partial charge in [-0.05, 0) is 49.2 Å². The van der Waals surface area contributed by atoms with Gasteiger partial charge in [0.05, 0.1) is 4.70 Å². The molecular weight excluding hydrogens is 400 g/mol. The van der Waals surface area contributed by atoms with Gasteiger partial charge < -0.3 is 14.4 Å². The molecule has 0 radical (unpaired) electrons. The third-order valence-corrected chi connectivity index (χ3v) is 6.76. The van der Waals surface area contributed by atoms with E-state index in [4.69, 9.17) is 9.47 Å². The second kappa shape index (κ2) is 8.20. The van der Waals surface area contributed by atoms with Crippen LogP contribution in [-0.4, -0.2) is 64.0 Å². The number of amides is 1. The van der Waals surface area contributed by atoms with Gasteiger partial charge in [-0.15, -0.1) is 0 Å². The molecule has 0 aliphatic carbocycles. The number of benzene rings is 1. The summed E-state index contributed by atoms with van der Waals surface area (Å²) in [5, 5.41) is 0.581. The zero-order valence-electron chi connectivity index (χ0n) is 16.9. The van der Waals surface area contributed by atoms with Gasteiger partial charge in [0.1, 0.15) is 18.1 Å². The number of likely N-dealkylation sites (tertiary alicyclic amines) is 1. The molecular formula is C22H24N4O3S. The predicted molar refractivity (Wildman–Crippen MR) is 115 cm³/mol. The number of hydrogen-bond donors (Lipinski definition) is 0. The van der Waals surface area contributed by atoms with Gasteiger partial charge in [-0.1, -0.05) is 11.3 Å². The maximum Gasteiger partial charge on any atom is 0.281 e. The van der Waals surface area contributed by atoms with Crippen LogP contribution in [0.4, 0.5) is 0 Å². The standard InChI is InChI=1S/C22H24N4O3S/c1-15(27)25-13-16-4-5-17(14-25)26(16)11-12-28-18-6-8-19(9-7-18)29-22-24-21-20(30-22)3-2-10-23-21/h2-3,6-10,16-17H,4-5,11-14H2,1H3/t16-,17+. The molecule has 156 valence electrons. The smallest absolute Gasteiger partial charge is 0.281 e. The monoisotopic (exact) mass is 424 g/mol. The first kappa shape index (κ1) is 19.3. The SMILES string of the molecule is CC(=O)N1C[C@H]2CC[C@@H](C1)N2CCOc1ccc(Oc2nc3ncccc3s2)cc1. The van der Waals surface area contributed by atoms with Crippen LogP contribution in [0.1, 0.15) is 19.8 Å². The van der Waals surface area contributed by atoms with E-state index in [-0.39, 0.29) is 5.91 Å². The summed E-state index contributed by atoms with van der Waals surface area (Å²) in [5.74, 6) is 1.73. The van der Waals surface area contributed by atoms with Crippen molar-refractivity contribution in [2.24, 2.45) is 0 Å². The van der Waals surface area contributed by atoms with Gasteiger partial charge in [-0.25, -0.2) is 4.98 Å². The van der Waals surface area contributed by atoms with Crippen molar-refractivity contribution in [1.82, 2.24) is 19.8 Å². The maximum atomic E-state index is 11.7. The molecule has 7 nitrogen and oxygen atoms in total. The van der Waals surface area contributed by atoms with Gasteiger partial charge in [0.15, 0.2) is 5.65 Å². The highest BCUT2D eigenvalue weighted by atomic mass is 32.1. The number of nitrogens with zero attached hydrogens (tertiary/aromatic N) is 4. The molecule has 4 heterocycles. The zero-order valence-corrected chi connectivity index (χ0v) is 17.7. The molecule has 0 N–H and O–H groups in total. The van der Waals surface area contributed by atoms with E-state index < -0.39 is 0 Å². The summed E-state index contributed by atoms with van der Waals surface area (Å²) in [7, 11) is 0. The summed E-state index contributed by atoms with van der Waals surface area (Å²) >= 11 is 1.48. The molecule has 0 unspecified atom stereocenters. The highest BCUT2D eigenvalue weighted by Gasteiger charge is 2.40. The van der Waals surface area contributed by atoms with Crippen LogP contribution < -0.4 is 9.47 Å². The van der Waals surface area contributed by atoms with E-state index in [0.717, 1.165) is 35.8 Å². The lowest BCUT2D eigenvalue weighted by Gasteiger charge is -2.40. The molecule has 8 heteroatoms. The van der Waals surface area contributed by atoms with Crippen molar-refractivity contribution in [3.63, 3.8) is 0 Å². The first-order valence-corrected chi connectivity index (χ1v) is 11.1. The molecule has 2 aliphatic rings. The fourth-order valence-corrected chi connectivity index (χ4v) is 5.17. The van der Waals surface area contributed by atoms with Crippen LogP contribution in [0, 0.1) is 0 Å². The molecule has 0 spiro atoms. The Morgan fingerprint density at radius 3 is 2.57 bits per heavy atom. The molecule has 5 rings (SSSR count). The summed E-state index contributed by atoms with van der Waals surface area (Å²) in [6.07, 6.45) is 4.07. The van der Waals surface area contributed by atoms with Gasteiger partial charge in [0.25, 0.3) is 5.19 Å². The van der Waals surface area contributed by atoms with Crippen LogP contribution in [0.25, 0.3) is 10.3 Å². The normalized spacial score (nSPS) is 21.2. The molecule has 2 saturated heterocycles. The summed E-state index contributed by atoms with van der Waals surface area (Å²) in [4.78, 5) is 24.8. The first-order chi connectivity index (χ1) is 14.7. The Labute approximate surface area is 179 Å². The summed E-state index contributed by atoms with van der Waals surface area (Å²) < 4.78 is 12.8. The Morgan fingerprint density at radius 1 is 1.13 bits per heavy atom. The number of hydrogen-bond acceptors (Lipinski definition) is 7. The van der Waals surface area contributed by atoms with Crippen LogP contribution >= 0.6 is 11.3 Å². The Balaban J connectivity index is 1.13. The molecule has 3 aromatic rings. The number of carbonyl (C=O) groups is 1. The third kappa shape index (κ3) is 3.97. The van der Waals surface area contributed by atoms with Crippen LogP contribution in [0.3, 0.4) is 0 Å². The predicted octanol–water partition coefficient (Wildman–Crippen LogP) is 3.56. The molecule has 30 heavy (non-hydrogen) atoms. The van der Waals surface area contributed by atoms with Gasteiger partial charge >= 0.3 is 0 Å². The topological polar surface area (TPSA) is 67.8 Å². The van der Waals surface area contributed by atoms with E-state index in [2.05, 4.69) is 14.9 Å². The van der Waals surface area contributed by atoms with E-state index in [9.17, 15) is 4.79 Å². The molecule has 0 saturated carbocycles. The largest absolute Gasteiger partial charge is 0.492 e. The first-order valence-electron chi connectivity index (χ1n) is 10.3. The highest BCUT2D eigenvalue weighted by molar-refractivity contribution is 7.20. The van der Waals surface area contributed by atoms with Crippen molar-refractivity contribution in [3.8, 4) is 16.7 Å². The number of thiazole rings is 1. The second-order valence-corrected chi connectivity index (χ2v) is 8.77. The average molecular weight is 425 g/mol. The van der Waals surface area contributed by atoms with E-state index in [1.807, 2.05) is 41.3 Å². The van der Waals surface area contributed by atoms with Gasteiger partial charge in [0.2, 0.25) is 5.91 Å². The van der Waals surface area contributed by atoms with Crippen molar-refractivity contribution >= 4 is 27.6 Å². The van der Waals surface area contributed by atoms with Crippen molar-refractivity contribution in [2.75, 3.05) is 26.2 Å². The lowest BCUT2D eigenvalue weighted by Crippen LogP contribution is -2.55. The van der Waals surface area contributed by atoms with Crippen LogP contribution in [0.2, 0.25) is 0 Å². The fourth-order valence-electron chi connectivity index (χ4n) is 4.38. The van der Waals surface area contributed by atoms with E-state index >= 15 is 0 Å².